The van der Waals surface area contributed by atoms with Crippen LogP contribution in [0.25, 0.3) is 0 Å². The van der Waals surface area contributed by atoms with Gasteiger partial charge in [0.25, 0.3) is 0 Å². The minimum Gasteiger partial charge on any atom is -0.369 e. The van der Waals surface area contributed by atoms with Crippen molar-refractivity contribution in [1.29, 1.82) is 0 Å². The monoisotopic (exact) mass is 314 g/mol. The third kappa shape index (κ3) is 2.47. The lowest BCUT2D eigenvalue weighted by atomic mass is 9.84. The third-order valence-electron chi connectivity index (χ3n) is 5.27. The van der Waals surface area contributed by atoms with Crippen molar-refractivity contribution in [3.8, 4) is 0 Å². The maximum atomic E-state index is 12.6. The Bertz CT molecular complexity index is 631. The predicted octanol–water partition coefficient (Wildman–Crippen LogP) is 1.16. The summed E-state index contributed by atoms with van der Waals surface area (Å²) in [4.78, 5) is 27.0. The zero-order valence-electron chi connectivity index (χ0n) is 13.1. The van der Waals surface area contributed by atoms with E-state index in [4.69, 9.17) is 0 Å². The molecular formula is C17H22N4O2. The molecule has 3 aliphatic rings. The molecule has 2 saturated heterocycles. The van der Waals surface area contributed by atoms with Gasteiger partial charge in [-0.2, -0.15) is 0 Å². The Labute approximate surface area is 135 Å². The molecule has 6 heteroatoms. The second kappa shape index (κ2) is 5.53. The number of rotatable bonds is 1. The van der Waals surface area contributed by atoms with E-state index in [0.717, 1.165) is 30.8 Å². The Kier molecular flexibility index (Phi) is 3.49. The number of carbonyl (C=O) groups excluding carboxylic acids is 2. The first-order valence-electron chi connectivity index (χ1n) is 8.39. The molecule has 0 bridgehead atoms. The first-order valence-corrected chi connectivity index (χ1v) is 8.39. The summed E-state index contributed by atoms with van der Waals surface area (Å²) in [5.74, 6) is 0.205. The maximum absolute atomic E-state index is 12.6. The summed E-state index contributed by atoms with van der Waals surface area (Å²) in [5, 5.41) is 9.69. The van der Waals surface area contributed by atoms with Crippen molar-refractivity contribution >= 4 is 23.2 Å². The fourth-order valence-electron chi connectivity index (χ4n) is 3.83. The van der Waals surface area contributed by atoms with Gasteiger partial charge in [0.15, 0.2) is 0 Å². The van der Waals surface area contributed by atoms with Crippen molar-refractivity contribution < 1.29 is 9.59 Å². The quantitative estimate of drug-likeness (QED) is 0.727. The van der Waals surface area contributed by atoms with E-state index < -0.39 is 5.54 Å². The summed E-state index contributed by atoms with van der Waals surface area (Å²) in [6.45, 7) is 2.17. The Balaban J connectivity index is 1.46. The molecule has 2 fully saturated rings. The predicted molar refractivity (Wildman–Crippen MR) is 88.3 cm³/mol. The van der Waals surface area contributed by atoms with Crippen LogP contribution in [0.5, 0.6) is 0 Å². The molecule has 2 amide bonds. The van der Waals surface area contributed by atoms with E-state index in [9.17, 15) is 9.59 Å². The van der Waals surface area contributed by atoms with E-state index >= 15 is 0 Å². The van der Waals surface area contributed by atoms with E-state index in [0.29, 0.717) is 25.9 Å². The Morgan fingerprint density at radius 1 is 1.17 bits per heavy atom. The summed E-state index contributed by atoms with van der Waals surface area (Å²) in [7, 11) is 0. The second-order valence-electron chi connectivity index (χ2n) is 6.68. The number of nitrogens with zero attached hydrogens (tertiary/aromatic N) is 1. The smallest absolute Gasteiger partial charge is 0.250 e. The summed E-state index contributed by atoms with van der Waals surface area (Å²) < 4.78 is 0. The number of hydrogen-bond donors (Lipinski definition) is 3. The number of fused-ring (bicyclic) bond motifs is 1. The molecule has 1 atom stereocenters. The summed E-state index contributed by atoms with van der Waals surface area (Å²) in [5.41, 5.74) is 1.20. The molecule has 122 valence electrons. The highest BCUT2D eigenvalue weighted by Crippen LogP contribution is 2.36. The van der Waals surface area contributed by atoms with Crippen LogP contribution in [0.2, 0.25) is 0 Å². The Morgan fingerprint density at radius 3 is 2.61 bits per heavy atom. The van der Waals surface area contributed by atoms with Crippen LogP contribution < -0.4 is 16.0 Å². The molecule has 0 aromatic heterocycles. The Morgan fingerprint density at radius 2 is 1.91 bits per heavy atom. The van der Waals surface area contributed by atoms with Crippen molar-refractivity contribution in [2.24, 2.45) is 0 Å². The number of hydrogen-bond acceptors (Lipinski definition) is 4. The number of piperidine rings is 1. The summed E-state index contributed by atoms with van der Waals surface area (Å²) in [6, 6.07) is 7.72. The number of benzene rings is 1. The zero-order chi connectivity index (χ0) is 15.9. The van der Waals surface area contributed by atoms with Crippen LogP contribution in [0.3, 0.4) is 0 Å². The van der Waals surface area contributed by atoms with Crippen LogP contribution in [0.1, 0.15) is 25.7 Å². The SMILES string of the molecule is O=C(C1CCCN1)N1CCC2(CC1)Nc1ccccc1NC2=O. The molecule has 3 N–H and O–H groups in total. The molecule has 1 aromatic rings. The number of para-hydroxylation sites is 2. The summed E-state index contributed by atoms with van der Waals surface area (Å²) in [6.07, 6.45) is 3.28. The van der Waals surface area contributed by atoms with Crippen LogP contribution in [0.15, 0.2) is 24.3 Å². The lowest BCUT2D eigenvalue weighted by Crippen LogP contribution is -2.60. The number of likely N-dealkylation sites (tertiary alicyclic amines) is 1. The average Bonchev–Trinajstić information content (AvgIpc) is 3.11. The van der Waals surface area contributed by atoms with Crippen molar-refractivity contribution in [2.75, 3.05) is 30.3 Å². The van der Waals surface area contributed by atoms with E-state index in [2.05, 4.69) is 16.0 Å². The van der Waals surface area contributed by atoms with Crippen molar-refractivity contribution in [3.63, 3.8) is 0 Å². The molecule has 1 unspecified atom stereocenters. The number of nitrogens with one attached hydrogen (secondary N) is 3. The standard InChI is InChI=1S/C17H22N4O2/c22-15(14-6-3-9-18-14)21-10-7-17(8-11-21)16(23)19-12-4-1-2-5-13(12)20-17/h1-2,4-5,14,18,20H,3,6-11H2,(H,19,23). The fraction of sp³-hybridized carbons (Fsp3) is 0.529. The minimum atomic E-state index is -0.589. The third-order valence-corrected chi connectivity index (χ3v) is 5.27. The van der Waals surface area contributed by atoms with Crippen molar-refractivity contribution in [1.82, 2.24) is 10.2 Å². The molecule has 0 saturated carbocycles. The molecule has 4 rings (SSSR count). The van der Waals surface area contributed by atoms with E-state index in [1.54, 1.807) is 0 Å². The summed E-state index contributed by atoms with van der Waals surface area (Å²) >= 11 is 0. The molecule has 1 aromatic carbocycles. The minimum absolute atomic E-state index is 0.0160. The van der Waals surface area contributed by atoms with Crippen molar-refractivity contribution in [2.45, 2.75) is 37.3 Å². The van der Waals surface area contributed by atoms with Gasteiger partial charge < -0.3 is 20.9 Å². The molecule has 3 aliphatic heterocycles. The van der Waals surface area contributed by atoms with E-state index in [1.807, 2.05) is 29.2 Å². The molecule has 23 heavy (non-hydrogen) atoms. The highest BCUT2D eigenvalue weighted by Gasteiger charge is 2.45. The van der Waals surface area contributed by atoms with Gasteiger partial charge in [-0.3, -0.25) is 9.59 Å². The number of anilines is 2. The van der Waals surface area contributed by atoms with Gasteiger partial charge in [-0.05, 0) is 44.4 Å². The highest BCUT2D eigenvalue weighted by molar-refractivity contribution is 6.06. The molecular weight excluding hydrogens is 292 g/mol. The van der Waals surface area contributed by atoms with E-state index in [1.165, 1.54) is 0 Å². The van der Waals surface area contributed by atoms with Gasteiger partial charge in [-0.25, -0.2) is 0 Å². The highest BCUT2D eigenvalue weighted by atomic mass is 16.2. The van der Waals surface area contributed by atoms with Gasteiger partial charge in [-0.1, -0.05) is 12.1 Å². The number of carbonyl (C=O) groups is 2. The van der Waals surface area contributed by atoms with Gasteiger partial charge in [0.1, 0.15) is 5.54 Å². The van der Waals surface area contributed by atoms with Gasteiger partial charge in [0.05, 0.1) is 17.4 Å². The normalized spacial score (nSPS) is 25.7. The number of amides is 2. The van der Waals surface area contributed by atoms with Gasteiger partial charge in [0.2, 0.25) is 11.8 Å². The van der Waals surface area contributed by atoms with Crippen LogP contribution in [0, 0.1) is 0 Å². The first kappa shape index (κ1) is 14.5. The van der Waals surface area contributed by atoms with Gasteiger partial charge in [-0.15, -0.1) is 0 Å². The van der Waals surface area contributed by atoms with Crippen LogP contribution in [0.4, 0.5) is 11.4 Å². The van der Waals surface area contributed by atoms with Crippen LogP contribution >= 0.6 is 0 Å². The molecule has 6 nitrogen and oxygen atoms in total. The molecule has 1 spiro atoms. The lowest BCUT2D eigenvalue weighted by Gasteiger charge is -2.44. The fourth-order valence-corrected chi connectivity index (χ4v) is 3.83. The largest absolute Gasteiger partial charge is 0.369 e. The topological polar surface area (TPSA) is 73.5 Å². The van der Waals surface area contributed by atoms with Crippen molar-refractivity contribution in [3.05, 3.63) is 24.3 Å². The molecule has 0 radical (unpaired) electrons. The molecule has 3 heterocycles. The van der Waals surface area contributed by atoms with Gasteiger partial charge >= 0.3 is 0 Å². The van der Waals surface area contributed by atoms with Crippen LogP contribution in [-0.2, 0) is 9.59 Å². The van der Waals surface area contributed by atoms with Gasteiger partial charge in [0, 0.05) is 13.1 Å². The maximum Gasteiger partial charge on any atom is 0.250 e. The lowest BCUT2D eigenvalue weighted by molar-refractivity contribution is -0.136. The van der Waals surface area contributed by atoms with E-state index in [-0.39, 0.29) is 17.9 Å². The average molecular weight is 314 g/mol. The first-order chi connectivity index (χ1) is 11.2. The van der Waals surface area contributed by atoms with Crippen LogP contribution in [-0.4, -0.2) is 47.9 Å². The zero-order valence-corrected chi connectivity index (χ0v) is 13.1. The molecule has 0 aliphatic carbocycles. The second-order valence-corrected chi connectivity index (χ2v) is 6.68. The Hall–Kier alpha value is -2.08.